The Kier molecular flexibility index (Phi) is 6.19. The molecule has 0 radical (unpaired) electrons. The summed E-state index contributed by atoms with van der Waals surface area (Å²) in [4.78, 5) is 17.0. The number of benzene rings is 2. The highest BCUT2D eigenvalue weighted by molar-refractivity contribution is 8.01. The summed E-state index contributed by atoms with van der Waals surface area (Å²) >= 11 is 2.76. The molecule has 9 heteroatoms. The first-order valence-electron chi connectivity index (χ1n) is 9.41. The number of thioether (sulfide) groups is 1. The minimum Gasteiger partial charge on any atom is -0.325 e. The fourth-order valence-electron chi connectivity index (χ4n) is 3.21. The summed E-state index contributed by atoms with van der Waals surface area (Å²) in [6, 6.07) is 14.4. The smallest absolute Gasteiger partial charge is 0.243 e. The minimum absolute atomic E-state index is 0.103. The monoisotopic (exact) mass is 447 g/mol. The van der Waals surface area contributed by atoms with Gasteiger partial charge in [-0.25, -0.2) is 13.4 Å². The molecule has 1 N–H and O–H groups in total. The molecule has 2 heterocycles. The van der Waals surface area contributed by atoms with E-state index in [2.05, 4.69) is 10.3 Å². The molecule has 0 spiro atoms. The number of fused-ring (bicyclic) bond motifs is 1. The maximum absolute atomic E-state index is 12.9. The van der Waals surface area contributed by atoms with Crippen LogP contribution in [0.15, 0.2) is 57.8 Å². The molecule has 29 heavy (non-hydrogen) atoms. The number of hydrogen-bond donors (Lipinski definition) is 1. The fourth-order valence-corrected chi connectivity index (χ4v) is 6.73. The first-order chi connectivity index (χ1) is 14.0. The Morgan fingerprint density at radius 3 is 2.62 bits per heavy atom. The lowest BCUT2D eigenvalue weighted by atomic mass is 10.2. The number of nitrogens with zero attached hydrogens (tertiary/aromatic N) is 2. The molecular formula is C20H21N3O3S3. The predicted octanol–water partition coefficient (Wildman–Crippen LogP) is 4.20. The highest BCUT2D eigenvalue weighted by Gasteiger charge is 2.26. The number of para-hydroxylation sites is 1. The van der Waals surface area contributed by atoms with E-state index in [1.807, 2.05) is 30.3 Å². The fraction of sp³-hybridized carbons (Fsp3) is 0.300. The topological polar surface area (TPSA) is 79.4 Å². The van der Waals surface area contributed by atoms with Crippen LogP contribution in [0.1, 0.15) is 19.3 Å². The van der Waals surface area contributed by atoms with Gasteiger partial charge in [-0.05, 0) is 43.2 Å². The highest BCUT2D eigenvalue weighted by atomic mass is 32.2. The van der Waals surface area contributed by atoms with Crippen molar-refractivity contribution in [1.82, 2.24) is 9.29 Å². The molecule has 6 nitrogen and oxygen atoms in total. The molecule has 0 unspecified atom stereocenters. The second kappa shape index (κ2) is 8.83. The van der Waals surface area contributed by atoms with Crippen molar-refractivity contribution in [3.63, 3.8) is 0 Å². The summed E-state index contributed by atoms with van der Waals surface area (Å²) in [5.74, 6) is 0.141. The predicted molar refractivity (Wildman–Crippen MR) is 118 cm³/mol. The van der Waals surface area contributed by atoms with Crippen LogP contribution < -0.4 is 5.32 Å². The van der Waals surface area contributed by atoms with Crippen molar-refractivity contribution in [2.75, 3.05) is 24.2 Å². The average Bonchev–Trinajstić information content (AvgIpc) is 3.16. The molecular weight excluding hydrogens is 426 g/mol. The van der Waals surface area contributed by atoms with Gasteiger partial charge in [-0.2, -0.15) is 4.31 Å². The molecule has 1 aliphatic rings. The number of anilines is 1. The van der Waals surface area contributed by atoms with E-state index in [1.165, 1.54) is 23.1 Å². The van der Waals surface area contributed by atoms with Crippen molar-refractivity contribution in [3.8, 4) is 0 Å². The van der Waals surface area contributed by atoms with Gasteiger partial charge in [-0.3, -0.25) is 4.79 Å². The minimum atomic E-state index is -3.46. The molecule has 1 fully saturated rings. The van der Waals surface area contributed by atoms with E-state index in [4.69, 9.17) is 0 Å². The average molecular weight is 448 g/mol. The number of carbonyl (C=O) groups is 1. The van der Waals surface area contributed by atoms with Gasteiger partial charge in [0, 0.05) is 18.8 Å². The van der Waals surface area contributed by atoms with Crippen LogP contribution in [-0.2, 0) is 14.8 Å². The number of sulfonamides is 1. The van der Waals surface area contributed by atoms with Gasteiger partial charge in [-0.15, -0.1) is 11.3 Å². The van der Waals surface area contributed by atoms with Gasteiger partial charge in [0.2, 0.25) is 15.9 Å². The van der Waals surface area contributed by atoms with E-state index in [-0.39, 0.29) is 11.7 Å². The van der Waals surface area contributed by atoms with Gasteiger partial charge < -0.3 is 5.32 Å². The molecule has 0 atom stereocenters. The number of rotatable bonds is 6. The first kappa shape index (κ1) is 20.3. The number of carbonyl (C=O) groups excluding carboxylic acids is 1. The quantitative estimate of drug-likeness (QED) is 0.573. The van der Waals surface area contributed by atoms with Gasteiger partial charge >= 0.3 is 0 Å². The molecule has 152 valence electrons. The highest BCUT2D eigenvalue weighted by Crippen LogP contribution is 2.32. The first-order valence-corrected chi connectivity index (χ1v) is 12.6. The summed E-state index contributed by atoms with van der Waals surface area (Å²) in [6.07, 6.45) is 2.90. The number of piperidine rings is 1. The van der Waals surface area contributed by atoms with Crippen LogP contribution in [0.25, 0.3) is 10.2 Å². The number of thiazole rings is 1. The number of hydrogen-bond acceptors (Lipinski definition) is 6. The van der Waals surface area contributed by atoms with Gasteiger partial charge in [-0.1, -0.05) is 36.4 Å². The molecule has 1 aliphatic heterocycles. The van der Waals surface area contributed by atoms with Crippen molar-refractivity contribution in [2.45, 2.75) is 28.5 Å². The van der Waals surface area contributed by atoms with Crippen molar-refractivity contribution in [1.29, 1.82) is 0 Å². The Morgan fingerprint density at radius 1 is 1.10 bits per heavy atom. The molecule has 0 bridgehead atoms. The van der Waals surface area contributed by atoms with Gasteiger partial charge in [0.25, 0.3) is 0 Å². The van der Waals surface area contributed by atoms with Gasteiger partial charge in [0.1, 0.15) is 0 Å². The largest absolute Gasteiger partial charge is 0.325 e. The van der Waals surface area contributed by atoms with Crippen LogP contribution in [0.3, 0.4) is 0 Å². The summed E-state index contributed by atoms with van der Waals surface area (Å²) in [7, 11) is -3.46. The molecule has 0 saturated carbocycles. The van der Waals surface area contributed by atoms with E-state index in [0.717, 1.165) is 39.5 Å². The standard InChI is InChI=1S/C20H21N3O3S3/c24-19(21-15-7-3-1-4-8-15)14-27-20-22-17-10-9-16(13-18(17)28-20)29(25,26)23-11-5-2-6-12-23/h1,3-4,7-10,13H,2,5-6,11-12,14H2,(H,21,24). The van der Waals surface area contributed by atoms with Crippen LogP contribution in [0.2, 0.25) is 0 Å². The van der Waals surface area contributed by atoms with Crippen LogP contribution in [0, 0.1) is 0 Å². The lowest BCUT2D eigenvalue weighted by Gasteiger charge is -2.25. The summed E-state index contributed by atoms with van der Waals surface area (Å²) in [5.41, 5.74) is 1.51. The third-order valence-electron chi connectivity index (χ3n) is 4.68. The van der Waals surface area contributed by atoms with E-state index >= 15 is 0 Å². The SMILES string of the molecule is O=C(CSc1nc2ccc(S(=O)(=O)N3CCCCC3)cc2s1)Nc1ccccc1. The Balaban J connectivity index is 1.45. The third kappa shape index (κ3) is 4.80. The molecule has 3 aromatic rings. The van der Waals surface area contributed by atoms with E-state index in [9.17, 15) is 13.2 Å². The van der Waals surface area contributed by atoms with Gasteiger partial charge in [0.05, 0.1) is 20.9 Å². The molecule has 1 aromatic heterocycles. The summed E-state index contributed by atoms with van der Waals surface area (Å²) in [6.45, 7) is 1.17. The Labute approximate surface area is 178 Å². The van der Waals surface area contributed by atoms with E-state index in [1.54, 1.807) is 22.5 Å². The number of amides is 1. The lowest BCUT2D eigenvalue weighted by Crippen LogP contribution is -2.35. The van der Waals surface area contributed by atoms with Gasteiger partial charge in [0.15, 0.2) is 4.34 Å². The second-order valence-corrected chi connectivity index (χ2v) is 11.0. The van der Waals surface area contributed by atoms with Crippen molar-refractivity contribution in [2.24, 2.45) is 0 Å². The zero-order chi connectivity index (χ0) is 20.3. The Hall–Kier alpha value is -1.94. The summed E-state index contributed by atoms with van der Waals surface area (Å²) < 4.78 is 28.9. The summed E-state index contributed by atoms with van der Waals surface area (Å²) in [5, 5.41) is 2.84. The third-order valence-corrected chi connectivity index (χ3v) is 8.73. The van der Waals surface area contributed by atoms with Crippen molar-refractivity contribution < 1.29 is 13.2 Å². The Morgan fingerprint density at radius 2 is 1.86 bits per heavy atom. The van der Waals surface area contributed by atoms with Crippen molar-refractivity contribution in [3.05, 3.63) is 48.5 Å². The number of aromatic nitrogens is 1. The molecule has 2 aromatic carbocycles. The molecule has 1 saturated heterocycles. The molecule has 4 rings (SSSR count). The van der Waals surface area contributed by atoms with Crippen molar-refractivity contribution >= 4 is 54.9 Å². The zero-order valence-corrected chi connectivity index (χ0v) is 18.2. The maximum Gasteiger partial charge on any atom is 0.243 e. The van der Waals surface area contributed by atoms with Crippen LogP contribution in [0.4, 0.5) is 5.69 Å². The molecule has 1 amide bonds. The van der Waals surface area contributed by atoms with E-state index < -0.39 is 10.0 Å². The second-order valence-electron chi connectivity index (χ2n) is 6.78. The maximum atomic E-state index is 12.9. The normalized spacial score (nSPS) is 15.4. The lowest BCUT2D eigenvalue weighted by molar-refractivity contribution is -0.113. The van der Waals surface area contributed by atoms with Crippen LogP contribution in [-0.4, -0.2) is 42.5 Å². The number of nitrogens with one attached hydrogen (secondary N) is 1. The van der Waals surface area contributed by atoms with Crippen LogP contribution in [0.5, 0.6) is 0 Å². The van der Waals surface area contributed by atoms with E-state index in [0.29, 0.717) is 18.0 Å². The zero-order valence-electron chi connectivity index (χ0n) is 15.7. The Bertz CT molecular complexity index is 1110. The van der Waals surface area contributed by atoms with Crippen LogP contribution >= 0.6 is 23.1 Å². The molecule has 0 aliphatic carbocycles.